The molecule has 12 heteroatoms. The van der Waals surface area contributed by atoms with Gasteiger partial charge in [-0.15, -0.1) is 0 Å². The number of aromatic amines is 1. The van der Waals surface area contributed by atoms with E-state index in [4.69, 9.17) is 30.5 Å². The van der Waals surface area contributed by atoms with Crippen LogP contribution in [0.1, 0.15) is 41.7 Å². The number of hydrogen-bond donors (Lipinski definition) is 3. The summed E-state index contributed by atoms with van der Waals surface area (Å²) in [5, 5.41) is 20.0. The summed E-state index contributed by atoms with van der Waals surface area (Å²) < 4.78 is 22.3. The fourth-order valence-electron chi connectivity index (χ4n) is 5.23. The van der Waals surface area contributed by atoms with Gasteiger partial charge in [0.15, 0.2) is 23.5 Å². The molecule has 2 aliphatic heterocycles. The van der Waals surface area contributed by atoms with Crippen LogP contribution in [-0.2, 0) is 20.7 Å². The number of aromatic nitrogens is 2. The van der Waals surface area contributed by atoms with Gasteiger partial charge in [-0.25, -0.2) is 9.78 Å². The van der Waals surface area contributed by atoms with Crippen LogP contribution in [0.15, 0.2) is 23.5 Å². The molecule has 35 heavy (non-hydrogen) atoms. The van der Waals surface area contributed by atoms with Crippen LogP contribution in [0.5, 0.6) is 11.5 Å². The third-order valence-corrected chi connectivity index (χ3v) is 8.74. The summed E-state index contributed by atoms with van der Waals surface area (Å²) in [5.41, 5.74) is 0.821. The van der Waals surface area contributed by atoms with Crippen LogP contribution in [-0.4, -0.2) is 63.2 Å². The summed E-state index contributed by atoms with van der Waals surface area (Å²) in [5.74, 6) is -1.06. The lowest BCUT2D eigenvalue weighted by Gasteiger charge is -2.47. The van der Waals surface area contributed by atoms with Crippen molar-refractivity contribution < 1.29 is 38.7 Å². The van der Waals surface area contributed by atoms with Gasteiger partial charge in [0.25, 0.3) is 0 Å². The topological polar surface area (TPSA) is 140 Å². The zero-order chi connectivity index (χ0) is 24.6. The van der Waals surface area contributed by atoms with Crippen molar-refractivity contribution in [2.24, 2.45) is 11.8 Å². The molecule has 2 aromatic rings. The molecular weight excluding hydrogens is 500 g/mol. The number of hydrogen-bond acceptors (Lipinski definition) is 8. The van der Waals surface area contributed by atoms with Crippen LogP contribution in [0.3, 0.4) is 0 Å². The number of aromatic carboxylic acids is 1. The first kappa shape index (κ1) is 24.2. The maximum atomic E-state index is 11.8. The first-order valence-electron chi connectivity index (χ1n) is 11.3. The third-order valence-electron chi connectivity index (χ3n) is 6.83. The number of nitrogens with zero attached hydrogens (tertiary/aromatic N) is 1. The van der Waals surface area contributed by atoms with Gasteiger partial charge in [0.1, 0.15) is 5.03 Å². The molecule has 5 rings (SSSR count). The zero-order valence-electron chi connectivity index (χ0n) is 18.7. The molecule has 1 aromatic heterocycles. The molecule has 1 aromatic carbocycles. The monoisotopic (exact) mass is 524 g/mol. The standard InChI is InChI=1S/C23H25ClN2O8S/c24-15-8-17-16(33-11-34-17)7-13(15)9-23(35-20-19(21(29)30)25-10-26-20)2-1-12(6-18(27)28)5-14(23)22-31-3-4-32-22/h7-8,10,12,14,22H,1-6,9,11H2,(H,25,26)(H,27,28)(H,29,30). The van der Waals surface area contributed by atoms with Gasteiger partial charge in [-0.1, -0.05) is 23.4 Å². The average molecular weight is 525 g/mol. The molecule has 3 atom stereocenters. The molecule has 1 saturated carbocycles. The molecule has 2 fully saturated rings. The molecular formula is C23H25ClN2O8S. The number of H-pyrrole nitrogens is 1. The summed E-state index contributed by atoms with van der Waals surface area (Å²) >= 11 is 8.02. The van der Waals surface area contributed by atoms with Gasteiger partial charge < -0.3 is 34.1 Å². The van der Waals surface area contributed by atoms with Crippen molar-refractivity contribution in [1.82, 2.24) is 9.97 Å². The molecule has 3 N–H and O–H groups in total. The van der Waals surface area contributed by atoms with E-state index in [1.807, 2.05) is 6.07 Å². The highest BCUT2D eigenvalue weighted by Crippen LogP contribution is 2.54. The molecule has 1 aliphatic carbocycles. The Morgan fingerprint density at radius 1 is 1.20 bits per heavy atom. The molecule has 0 bridgehead atoms. The Hall–Kier alpha value is -2.47. The van der Waals surface area contributed by atoms with Crippen LogP contribution in [0.25, 0.3) is 0 Å². The molecule has 3 heterocycles. The number of fused-ring (bicyclic) bond motifs is 1. The van der Waals surface area contributed by atoms with E-state index in [1.165, 1.54) is 18.1 Å². The van der Waals surface area contributed by atoms with Gasteiger partial charge in [0, 0.05) is 28.2 Å². The number of aliphatic carboxylic acids is 1. The van der Waals surface area contributed by atoms with E-state index < -0.39 is 23.0 Å². The predicted molar refractivity (Wildman–Crippen MR) is 124 cm³/mol. The van der Waals surface area contributed by atoms with E-state index in [9.17, 15) is 19.8 Å². The molecule has 10 nitrogen and oxygen atoms in total. The van der Waals surface area contributed by atoms with Crippen molar-refractivity contribution in [3.63, 3.8) is 0 Å². The fraction of sp³-hybridized carbons (Fsp3) is 0.522. The lowest BCUT2D eigenvalue weighted by Crippen LogP contribution is -2.48. The summed E-state index contributed by atoms with van der Waals surface area (Å²) in [6.45, 7) is 1.01. The van der Waals surface area contributed by atoms with E-state index >= 15 is 0 Å². The van der Waals surface area contributed by atoms with Crippen molar-refractivity contribution in [2.75, 3.05) is 20.0 Å². The van der Waals surface area contributed by atoms with Crippen LogP contribution in [0.2, 0.25) is 5.02 Å². The second-order valence-corrected chi connectivity index (χ2v) is 10.8. The molecule has 3 aliphatic rings. The molecule has 1 saturated heterocycles. The number of nitrogens with one attached hydrogen (secondary N) is 1. The number of ether oxygens (including phenoxy) is 4. The highest BCUT2D eigenvalue weighted by Gasteiger charge is 2.51. The van der Waals surface area contributed by atoms with Crippen molar-refractivity contribution in [2.45, 2.75) is 48.2 Å². The minimum atomic E-state index is -1.11. The lowest BCUT2D eigenvalue weighted by molar-refractivity contribution is -0.140. The number of benzene rings is 1. The number of imidazole rings is 1. The van der Waals surface area contributed by atoms with E-state index in [0.29, 0.717) is 60.4 Å². The number of halogens is 1. The number of carboxylic acids is 2. The van der Waals surface area contributed by atoms with Gasteiger partial charge in [0.2, 0.25) is 6.79 Å². The van der Waals surface area contributed by atoms with Crippen molar-refractivity contribution in [3.8, 4) is 11.5 Å². The maximum Gasteiger partial charge on any atom is 0.355 e. The van der Waals surface area contributed by atoms with Gasteiger partial charge in [-0.3, -0.25) is 4.79 Å². The van der Waals surface area contributed by atoms with Crippen LogP contribution in [0.4, 0.5) is 0 Å². The van der Waals surface area contributed by atoms with E-state index in [-0.39, 0.29) is 30.7 Å². The van der Waals surface area contributed by atoms with Crippen LogP contribution >= 0.6 is 23.4 Å². The zero-order valence-corrected chi connectivity index (χ0v) is 20.3. The largest absolute Gasteiger partial charge is 0.481 e. The number of rotatable bonds is 8. The first-order chi connectivity index (χ1) is 16.8. The molecule has 188 valence electrons. The smallest absolute Gasteiger partial charge is 0.355 e. The number of carboxylic acid groups (broad SMARTS) is 2. The second-order valence-electron chi connectivity index (χ2n) is 8.98. The van der Waals surface area contributed by atoms with E-state index in [0.717, 1.165) is 5.56 Å². The van der Waals surface area contributed by atoms with Crippen molar-refractivity contribution >= 4 is 35.3 Å². The Morgan fingerprint density at radius 3 is 2.66 bits per heavy atom. The highest BCUT2D eigenvalue weighted by atomic mass is 35.5. The second kappa shape index (κ2) is 9.88. The van der Waals surface area contributed by atoms with Crippen LogP contribution in [0, 0.1) is 11.8 Å². The first-order valence-corrected chi connectivity index (χ1v) is 12.5. The maximum absolute atomic E-state index is 11.8. The average Bonchev–Trinajstić information content (AvgIpc) is 3.57. The highest BCUT2D eigenvalue weighted by molar-refractivity contribution is 8.00. The lowest BCUT2D eigenvalue weighted by atomic mass is 9.69. The van der Waals surface area contributed by atoms with Gasteiger partial charge >= 0.3 is 11.9 Å². The molecule has 0 spiro atoms. The van der Waals surface area contributed by atoms with Crippen molar-refractivity contribution in [1.29, 1.82) is 0 Å². The summed E-state index contributed by atoms with van der Waals surface area (Å²) in [7, 11) is 0. The van der Waals surface area contributed by atoms with Gasteiger partial charge in [-0.05, 0) is 43.2 Å². The third kappa shape index (κ3) is 4.95. The SMILES string of the molecule is O=C(O)CC1CCC(Cc2cc3c(cc2Cl)OCO3)(Sc2nc[nH]c2C(=O)O)C(C2OCCO2)C1. The quantitative estimate of drug-likeness (QED) is 0.466. The molecule has 0 amide bonds. The van der Waals surface area contributed by atoms with E-state index in [1.54, 1.807) is 6.07 Å². The Balaban J connectivity index is 1.56. The Kier molecular flexibility index (Phi) is 6.84. The van der Waals surface area contributed by atoms with Gasteiger partial charge in [0.05, 0.1) is 19.5 Å². The van der Waals surface area contributed by atoms with E-state index in [2.05, 4.69) is 9.97 Å². The van der Waals surface area contributed by atoms with Crippen LogP contribution < -0.4 is 9.47 Å². The Morgan fingerprint density at radius 2 is 1.94 bits per heavy atom. The molecule has 3 unspecified atom stereocenters. The fourth-order valence-corrected chi connectivity index (χ4v) is 7.00. The Labute approximate surface area is 210 Å². The summed E-state index contributed by atoms with van der Waals surface area (Å²) in [6, 6.07) is 3.58. The Bertz CT molecular complexity index is 1120. The summed E-state index contributed by atoms with van der Waals surface area (Å²) in [4.78, 5) is 30.3. The number of carbonyl (C=O) groups is 2. The minimum absolute atomic E-state index is 0.00540. The minimum Gasteiger partial charge on any atom is -0.481 e. The molecule has 0 radical (unpaired) electrons. The normalized spacial score (nSPS) is 26.2. The number of thioether (sulfide) groups is 1. The summed E-state index contributed by atoms with van der Waals surface area (Å²) in [6.07, 6.45) is 3.13. The van der Waals surface area contributed by atoms with Gasteiger partial charge in [-0.2, -0.15) is 0 Å². The van der Waals surface area contributed by atoms with Crippen molar-refractivity contribution in [3.05, 3.63) is 34.7 Å². The predicted octanol–water partition coefficient (Wildman–Crippen LogP) is 3.83.